The summed E-state index contributed by atoms with van der Waals surface area (Å²) in [5.74, 6) is 0.0374. The highest BCUT2D eigenvalue weighted by Crippen LogP contribution is 2.29. The van der Waals surface area contributed by atoms with E-state index in [2.05, 4.69) is 10.0 Å². The van der Waals surface area contributed by atoms with Crippen LogP contribution in [-0.4, -0.2) is 34.6 Å². The average Bonchev–Trinajstić information content (AvgIpc) is 2.74. The molecule has 7 nitrogen and oxygen atoms in total. The SMILES string of the molecule is COC(=O)c1ccc(NC2CCCCC2)c(S(=O)(=O)Nc2ccc(OC)cc2)c1. The first kappa shape index (κ1) is 21.0. The van der Waals surface area contributed by atoms with Crippen LogP contribution in [0.1, 0.15) is 42.5 Å². The summed E-state index contributed by atoms with van der Waals surface area (Å²) in [6.07, 6.45) is 5.41. The number of benzene rings is 2. The molecule has 0 aliphatic heterocycles. The number of hydrogen-bond donors (Lipinski definition) is 2. The minimum atomic E-state index is -3.94. The van der Waals surface area contributed by atoms with Crippen LogP contribution >= 0.6 is 0 Å². The Bertz CT molecular complexity index is 952. The van der Waals surface area contributed by atoms with Crippen molar-refractivity contribution in [2.45, 2.75) is 43.0 Å². The zero-order valence-corrected chi connectivity index (χ0v) is 17.4. The molecule has 0 radical (unpaired) electrons. The largest absolute Gasteiger partial charge is 0.497 e. The Kier molecular flexibility index (Phi) is 6.64. The summed E-state index contributed by atoms with van der Waals surface area (Å²) in [6, 6.07) is 11.3. The lowest BCUT2D eigenvalue weighted by atomic mass is 9.95. The summed E-state index contributed by atoms with van der Waals surface area (Å²) in [5, 5.41) is 3.35. The van der Waals surface area contributed by atoms with Gasteiger partial charge < -0.3 is 14.8 Å². The smallest absolute Gasteiger partial charge is 0.337 e. The Morgan fingerprint density at radius 2 is 1.69 bits per heavy atom. The van der Waals surface area contributed by atoms with Gasteiger partial charge in [0.05, 0.1) is 25.5 Å². The van der Waals surface area contributed by atoms with E-state index in [1.54, 1.807) is 43.5 Å². The summed E-state index contributed by atoms with van der Waals surface area (Å²) in [5.41, 5.74) is 1.06. The maximum atomic E-state index is 13.1. The van der Waals surface area contributed by atoms with Gasteiger partial charge in [0.2, 0.25) is 0 Å². The third-order valence-corrected chi connectivity index (χ3v) is 6.42. The molecule has 0 unspecified atom stereocenters. The molecule has 1 aliphatic carbocycles. The third kappa shape index (κ3) is 5.20. The molecule has 0 heterocycles. The maximum absolute atomic E-state index is 13.1. The molecule has 0 atom stereocenters. The molecule has 0 bridgehead atoms. The number of hydrogen-bond acceptors (Lipinski definition) is 6. The number of methoxy groups -OCH3 is 2. The molecule has 1 saturated carbocycles. The van der Waals surface area contributed by atoms with Crippen molar-refractivity contribution in [2.24, 2.45) is 0 Å². The topological polar surface area (TPSA) is 93.7 Å². The van der Waals surface area contributed by atoms with Gasteiger partial charge in [-0.2, -0.15) is 0 Å². The van der Waals surface area contributed by atoms with Crippen molar-refractivity contribution in [2.75, 3.05) is 24.3 Å². The van der Waals surface area contributed by atoms with E-state index in [-0.39, 0.29) is 16.5 Å². The second-order valence-corrected chi connectivity index (χ2v) is 8.67. The molecule has 0 amide bonds. The van der Waals surface area contributed by atoms with E-state index < -0.39 is 16.0 Å². The fraction of sp³-hybridized carbons (Fsp3) is 0.381. The van der Waals surface area contributed by atoms with Crippen LogP contribution in [0.15, 0.2) is 47.4 Å². The fourth-order valence-electron chi connectivity index (χ4n) is 3.44. The quantitative estimate of drug-likeness (QED) is 0.660. The standard InChI is InChI=1S/C21H26N2O5S/c1-27-18-11-9-17(10-12-18)23-29(25,26)20-14-15(21(24)28-2)8-13-19(20)22-16-6-4-3-5-7-16/h8-14,16,22-23H,3-7H2,1-2H3. The molecule has 1 aliphatic rings. The van der Waals surface area contributed by atoms with Crippen molar-refractivity contribution in [3.8, 4) is 5.75 Å². The highest BCUT2D eigenvalue weighted by molar-refractivity contribution is 7.92. The van der Waals surface area contributed by atoms with Crippen LogP contribution in [0.3, 0.4) is 0 Å². The summed E-state index contributed by atoms with van der Waals surface area (Å²) in [4.78, 5) is 12.0. The Hall–Kier alpha value is -2.74. The van der Waals surface area contributed by atoms with E-state index >= 15 is 0 Å². The number of carbonyl (C=O) groups excluding carboxylic acids is 1. The first-order valence-electron chi connectivity index (χ1n) is 9.59. The van der Waals surface area contributed by atoms with Crippen LogP contribution in [-0.2, 0) is 14.8 Å². The van der Waals surface area contributed by atoms with Gasteiger partial charge >= 0.3 is 5.97 Å². The first-order chi connectivity index (χ1) is 13.9. The molecule has 1 fully saturated rings. The molecule has 156 valence electrons. The van der Waals surface area contributed by atoms with Crippen LogP contribution in [0.2, 0.25) is 0 Å². The molecule has 29 heavy (non-hydrogen) atoms. The predicted molar refractivity (Wildman–Crippen MR) is 112 cm³/mol. The lowest BCUT2D eigenvalue weighted by Gasteiger charge is -2.25. The number of sulfonamides is 1. The molecule has 2 aromatic rings. The summed E-state index contributed by atoms with van der Waals surface area (Å²) in [6.45, 7) is 0. The predicted octanol–water partition coefficient (Wildman–Crippen LogP) is 4.03. The Morgan fingerprint density at radius 1 is 1.00 bits per heavy atom. The van der Waals surface area contributed by atoms with Crippen LogP contribution in [0.25, 0.3) is 0 Å². The zero-order chi connectivity index (χ0) is 20.9. The maximum Gasteiger partial charge on any atom is 0.337 e. The average molecular weight is 419 g/mol. The van der Waals surface area contributed by atoms with Crippen LogP contribution in [0.4, 0.5) is 11.4 Å². The van der Waals surface area contributed by atoms with Crippen molar-refractivity contribution in [1.82, 2.24) is 0 Å². The number of carbonyl (C=O) groups is 1. The number of ether oxygens (including phenoxy) is 2. The van der Waals surface area contributed by atoms with Gasteiger partial charge in [-0.1, -0.05) is 19.3 Å². The molecule has 8 heteroatoms. The zero-order valence-electron chi connectivity index (χ0n) is 16.6. The number of rotatable bonds is 7. The molecular weight excluding hydrogens is 392 g/mol. The minimum Gasteiger partial charge on any atom is -0.497 e. The van der Waals surface area contributed by atoms with Gasteiger partial charge in [-0.3, -0.25) is 4.72 Å². The van der Waals surface area contributed by atoms with Gasteiger partial charge in [-0.25, -0.2) is 13.2 Å². The molecule has 0 saturated heterocycles. The van der Waals surface area contributed by atoms with Crippen molar-refractivity contribution in [3.63, 3.8) is 0 Å². The van der Waals surface area contributed by atoms with Crippen LogP contribution < -0.4 is 14.8 Å². The second-order valence-electron chi connectivity index (χ2n) is 7.02. The fourth-order valence-corrected chi connectivity index (χ4v) is 4.70. The second kappa shape index (κ2) is 9.17. The Balaban J connectivity index is 1.94. The minimum absolute atomic E-state index is 0.0155. The van der Waals surface area contributed by atoms with E-state index in [1.165, 1.54) is 19.6 Å². The highest BCUT2D eigenvalue weighted by Gasteiger charge is 2.24. The number of anilines is 2. The monoisotopic (exact) mass is 418 g/mol. The summed E-state index contributed by atoms with van der Waals surface area (Å²) >= 11 is 0. The lowest BCUT2D eigenvalue weighted by molar-refractivity contribution is 0.0600. The van der Waals surface area contributed by atoms with Crippen LogP contribution in [0.5, 0.6) is 5.75 Å². The van der Waals surface area contributed by atoms with E-state index in [4.69, 9.17) is 9.47 Å². The highest BCUT2D eigenvalue weighted by atomic mass is 32.2. The summed E-state index contributed by atoms with van der Waals surface area (Å²) in [7, 11) is -1.13. The van der Waals surface area contributed by atoms with E-state index in [0.717, 1.165) is 25.7 Å². The van der Waals surface area contributed by atoms with Gasteiger partial charge in [0, 0.05) is 11.7 Å². The number of esters is 1. The normalized spacial score (nSPS) is 14.8. The third-order valence-electron chi connectivity index (χ3n) is 5.00. The molecule has 0 aromatic heterocycles. The molecule has 3 rings (SSSR count). The molecule has 2 N–H and O–H groups in total. The van der Waals surface area contributed by atoms with Gasteiger partial charge in [0.15, 0.2) is 0 Å². The van der Waals surface area contributed by atoms with Crippen molar-refractivity contribution < 1.29 is 22.7 Å². The summed E-state index contributed by atoms with van der Waals surface area (Å²) < 4.78 is 38.7. The first-order valence-corrected chi connectivity index (χ1v) is 11.1. The van der Waals surface area contributed by atoms with E-state index in [0.29, 0.717) is 17.1 Å². The van der Waals surface area contributed by atoms with Crippen molar-refractivity contribution in [3.05, 3.63) is 48.0 Å². The van der Waals surface area contributed by atoms with Gasteiger partial charge in [-0.15, -0.1) is 0 Å². The van der Waals surface area contributed by atoms with Crippen molar-refractivity contribution in [1.29, 1.82) is 0 Å². The Labute approximate surface area is 171 Å². The number of nitrogens with one attached hydrogen (secondary N) is 2. The van der Waals surface area contributed by atoms with Crippen molar-refractivity contribution >= 4 is 27.4 Å². The van der Waals surface area contributed by atoms with Gasteiger partial charge in [-0.05, 0) is 55.3 Å². The van der Waals surface area contributed by atoms with Crippen LogP contribution in [0, 0.1) is 0 Å². The molecular formula is C21H26N2O5S. The molecule has 0 spiro atoms. The Morgan fingerprint density at radius 3 is 2.31 bits per heavy atom. The van der Waals surface area contributed by atoms with Gasteiger partial charge in [0.25, 0.3) is 10.0 Å². The molecule has 2 aromatic carbocycles. The van der Waals surface area contributed by atoms with Gasteiger partial charge in [0.1, 0.15) is 10.6 Å². The lowest BCUT2D eigenvalue weighted by Crippen LogP contribution is -2.24. The van der Waals surface area contributed by atoms with E-state index in [1.807, 2.05) is 0 Å². The van der Waals surface area contributed by atoms with E-state index in [9.17, 15) is 13.2 Å².